The van der Waals surface area contributed by atoms with Crippen LogP contribution in [0.3, 0.4) is 0 Å². The first-order valence-corrected chi connectivity index (χ1v) is 9.23. The molecule has 6 nitrogen and oxygen atoms in total. The Balaban J connectivity index is 1.57. The molecule has 1 fully saturated rings. The van der Waals surface area contributed by atoms with Crippen molar-refractivity contribution < 1.29 is 4.74 Å². The number of ether oxygens (including phenoxy) is 1. The van der Waals surface area contributed by atoms with Crippen molar-refractivity contribution in [3.63, 3.8) is 0 Å². The van der Waals surface area contributed by atoms with Gasteiger partial charge in [0.2, 0.25) is 0 Å². The molecule has 0 amide bonds. The van der Waals surface area contributed by atoms with Crippen molar-refractivity contribution in [2.75, 3.05) is 25.1 Å². The first-order chi connectivity index (χ1) is 12.7. The van der Waals surface area contributed by atoms with Crippen LogP contribution in [0.4, 0.5) is 5.82 Å². The van der Waals surface area contributed by atoms with E-state index in [1.807, 2.05) is 29.8 Å². The molecule has 1 saturated heterocycles. The Kier molecular flexibility index (Phi) is 4.68. The second-order valence-corrected chi connectivity index (χ2v) is 7.28. The Bertz CT molecular complexity index is 925. The fourth-order valence-electron chi connectivity index (χ4n) is 3.81. The maximum Gasteiger partial charge on any atom is 0.165 e. The average molecular weight is 372 g/mol. The molecule has 7 heteroatoms. The Morgan fingerprint density at radius 2 is 2.15 bits per heavy atom. The predicted octanol–water partition coefficient (Wildman–Crippen LogP) is 3.48. The molecule has 0 saturated carbocycles. The molecule has 0 spiro atoms. The van der Waals surface area contributed by atoms with Gasteiger partial charge < -0.3 is 14.2 Å². The highest BCUT2D eigenvalue weighted by atomic mass is 35.5. The lowest BCUT2D eigenvalue weighted by molar-refractivity contribution is 0.385. The number of rotatable bonds is 4. The van der Waals surface area contributed by atoms with Crippen molar-refractivity contribution in [3.05, 3.63) is 41.4 Å². The first kappa shape index (κ1) is 17.1. The summed E-state index contributed by atoms with van der Waals surface area (Å²) in [6.07, 6.45) is 6.68. The summed E-state index contributed by atoms with van der Waals surface area (Å²) in [7, 11) is 3.66. The third kappa shape index (κ3) is 3.21. The number of nitrogens with zero attached hydrogens (tertiary/aromatic N) is 5. The zero-order valence-electron chi connectivity index (χ0n) is 15.0. The SMILES string of the molecule is COc1ccc(Cl)cc1CC1CCCN(c2ncnc3c2ncn3C)C1. The lowest BCUT2D eigenvalue weighted by Crippen LogP contribution is -2.37. The van der Waals surface area contributed by atoms with Crippen molar-refractivity contribution >= 4 is 28.6 Å². The second kappa shape index (κ2) is 7.11. The molecule has 26 heavy (non-hydrogen) atoms. The third-order valence-electron chi connectivity index (χ3n) is 5.05. The highest BCUT2D eigenvalue weighted by Crippen LogP contribution is 2.31. The summed E-state index contributed by atoms with van der Waals surface area (Å²) < 4.78 is 7.44. The molecule has 136 valence electrons. The molecular formula is C19H22ClN5O. The fourth-order valence-corrected chi connectivity index (χ4v) is 4.00. The maximum atomic E-state index is 6.19. The van der Waals surface area contributed by atoms with E-state index >= 15 is 0 Å². The van der Waals surface area contributed by atoms with Crippen molar-refractivity contribution in [1.29, 1.82) is 0 Å². The van der Waals surface area contributed by atoms with E-state index in [4.69, 9.17) is 16.3 Å². The van der Waals surface area contributed by atoms with E-state index < -0.39 is 0 Å². The Hall–Kier alpha value is -2.34. The number of piperidine rings is 1. The van der Waals surface area contributed by atoms with Crippen molar-refractivity contribution in [3.8, 4) is 5.75 Å². The second-order valence-electron chi connectivity index (χ2n) is 6.84. The molecular weight excluding hydrogens is 350 g/mol. The number of anilines is 1. The van der Waals surface area contributed by atoms with Gasteiger partial charge in [0.15, 0.2) is 17.0 Å². The van der Waals surface area contributed by atoms with Crippen LogP contribution in [0.2, 0.25) is 5.02 Å². The Morgan fingerprint density at radius 1 is 1.27 bits per heavy atom. The predicted molar refractivity (Wildman–Crippen MR) is 103 cm³/mol. The monoisotopic (exact) mass is 371 g/mol. The molecule has 2 aromatic heterocycles. The summed E-state index contributed by atoms with van der Waals surface area (Å²) >= 11 is 6.19. The molecule has 0 N–H and O–H groups in total. The van der Waals surface area contributed by atoms with Gasteiger partial charge in [-0.25, -0.2) is 15.0 Å². The summed E-state index contributed by atoms with van der Waals surface area (Å²) in [6, 6.07) is 5.83. The van der Waals surface area contributed by atoms with Gasteiger partial charge in [-0.3, -0.25) is 0 Å². The maximum absolute atomic E-state index is 6.19. The van der Waals surface area contributed by atoms with Gasteiger partial charge in [0, 0.05) is 25.2 Å². The minimum Gasteiger partial charge on any atom is -0.496 e. The number of methoxy groups -OCH3 is 1. The standard InChI is InChI=1S/C19H22ClN5O/c1-24-12-23-17-18(24)21-11-22-19(17)25-7-3-4-13(10-25)8-14-9-15(20)5-6-16(14)26-2/h5-6,9,11-13H,3-4,7-8,10H2,1-2H3. The van der Waals surface area contributed by atoms with Crippen LogP contribution in [-0.4, -0.2) is 39.7 Å². The summed E-state index contributed by atoms with van der Waals surface area (Å²) in [5.74, 6) is 2.35. The van der Waals surface area contributed by atoms with Gasteiger partial charge in [0.05, 0.1) is 13.4 Å². The van der Waals surface area contributed by atoms with Gasteiger partial charge in [-0.05, 0) is 48.9 Å². The molecule has 3 aromatic rings. The van der Waals surface area contributed by atoms with Crippen LogP contribution in [0.5, 0.6) is 5.75 Å². The number of fused-ring (bicyclic) bond motifs is 1. The number of aromatic nitrogens is 4. The molecule has 0 bridgehead atoms. The van der Waals surface area contributed by atoms with Crippen LogP contribution in [0.25, 0.3) is 11.2 Å². The zero-order valence-corrected chi connectivity index (χ0v) is 15.8. The molecule has 1 atom stereocenters. The van der Waals surface area contributed by atoms with Crippen LogP contribution in [0.15, 0.2) is 30.9 Å². The van der Waals surface area contributed by atoms with Crippen LogP contribution < -0.4 is 9.64 Å². The van der Waals surface area contributed by atoms with E-state index in [1.165, 1.54) is 6.42 Å². The minimum absolute atomic E-state index is 0.518. The third-order valence-corrected chi connectivity index (χ3v) is 5.28. The summed E-state index contributed by atoms with van der Waals surface area (Å²) in [5.41, 5.74) is 2.90. The van der Waals surface area contributed by atoms with E-state index in [-0.39, 0.29) is 0 Å². The van der Waals surface area contributed by atoms with Gasteiger partial charge in [-0.15, -0.1) is 0 Å². The molecule has 4 rings (SSSR count). The van der Waals surface area contributed by atoms with E-state index in [2.05, 4.69) is 19.9 Å². The van der Waals surface area contributed by atoms with E-state index in [9.17, 15) is 0 Å². The largest absolute Gasteiger partial charge is 0.496 e. The van der Waals surface area contributed by atoms with Crippen molar-refractivity contribution in [2.45, 2.75) is 19.3 Å². The number of aryl methyl sites for hydroxylation is 1. The molecule has 1 unspecified atom stereocenters. The summed E-state index contributed by atoms with van der Waals surface area (Å²) in [4.78, 5) is 15.7. The molecule has 1 aromatic carbocycles. The molecule has 0 aliphatic carbocycles. The van der Waals surface area contributed by atoms with Crippen LogP contribution in [-0.2, 0) is 13.5 Å². The van der Waals surface area contributed by atoms with Gasteiger partial charge in [-0.1, -0.05) is 11.6 Å². The average Bonchev–Trinajstić information content (AvgIpc) is 3.03. The first-order valence-electron chi connectivity index (χ1n) is 8.85. The fraction of sp³-hybridized carbons (Fsp3) is 0.421. The van der Waals surface area contributed by atoms with Gasteiger partial charge in [0.1, 0.15) is 12.1 Å². The number of halogens is 1. The van der Waals surface area contributed by atoms with Crippen LogP contribution >= 0.6 is 11.6 Å². The Morgan fingerprint density at radius 3 is 3.00 bits per heavy atom. The van der Waals surface area contributed by atoms with Gasteiger partial charge in [0.25, 0.3) is 0 Å². The molecule has 3 heterocycles. The number of imidazole rings is 1. The lowest BCUT2D eigenvalue weighted by Gasteiger charge is -2.33. The quantitative estimate of drug-likeness (QED) is 0.702. The van der Waals surface area contributed by atoms with Gasteiger partial charge >= 0.3 is 0 Å². The summed E-state index contributed by atoms with van der Waals surface area (Å²) in [5, 5.41) is 0.750. The molecule has 1 aliphatic heterocycles. The minimum atomic E-state index is 0.518. The summed E-state index contributed by atoms with van der Waals surface area (Å²) in [6.45, 7) is 1.93. The normalized spacial score (nSPS) is 17.7. The molecule has 1 aliphatic rings. The lowest BCUT2D eigenvalue weighted by atomic mass is 9.91. The highest BCUT2D eigenvalue weighted by Gasteiger charge is 2.24. The Labute approximate surface area is 157 Å². The van der Waals surface area contributed by atoms with Crippen LogP contribution in [0.1, 0.15) is 18.4 Å². The van der Waals surface area contributed by atoms with Gasteiger partial charge in [-0.2, -0.15) is 0 Å². The number of hydrogen-bond donors (Lipinski definition) is 0. The van der Waals surface area contributed by atoms with E-state index in [0.717, 1.165) is 59.2 Å². The number of hydrogen-bond acceptors (Lipinski definition) is 5. The van der Waals surface area contributed by atoms with Crippen molar-refractivity contribution in [2.24, 2.45) is 13.0 Å². The van der Waals surface area contributed by atoms with Crippen LogP contribution in [0, 0.1) is 5.92 Å². The van der Waals surface area contributed by atoms with Crippen molar-refractivity contribution in [1.82, 2.24) is 19.5 Å². The van der Waals surface area contributed by atoms with E-state index in [1.54, 1.807) is 19.8 Å². The topological polar surface area (TPSA) is 56.1 Å². The highest BCUT2D eigenvalue weighted by molar-refractivity contribution is 6.30. The van der Waals surface area contributed by atoms with E-state index in [0.29, 0.717) is 5.92 Å². The smallest absolute Gasteiger partial charge is 0.165 e. The molecule has 0 radical (unpaired) electrons. The number of benzene rings is 1. The zero-order chi connectivity index (χ0) is 18.1.